The molecule has 0 radical (unpaired) electrons. The van der Waals surface area contributed by atoms with Crippen molar-refractivity contribution in [1.29, 1.82) is 0 Å². The van der Waals surface area contributed by atoms with E-state index in [1.54, 1.807) is 50.6 Å². The van der Waals surface area contributed by atoms with E-state index in [1.165, 1.54) is 40.8 Å². The molecule has 4 rings (SSSR count). The summed E-state index contributed by atoms with van der Waals surface area (Å²) in [6.45, 7) is -0.288. The number of aromatic hydroxyl groups is 1. The van der Waals surface area contributed by atoms with Crippen LogP contribution in [-0.4, -0.2) is 52.5 Å². The summed E-state index contributed by atoms with van der Waals surface area (Å²) >= 11 is 0. The van der Waals surface area contributed by atoms with Gasteiger partial charge >= 0.3 is 29.6 Å². The van der Waals surface area contributed by atoms with Gasteiger partial charge in [0.1, 0.15) is 23.7 Å². The summed E-state index contributed by atoms with van der Waals surface area (Å²) in [4.78, 5) is 45.3. The number of amides is 2. The second-order valence-corrected chi connectivity index (χ2v) is 8.57. The van der Waals surface area contributed by atoms with Crippen molar-refractivity contribution in [3.05, 3.63) is 93.7 Å². The van der Waals surface area contributed by atoms with Crippen molar-refractivity contribution in [1.82, 2.24) is 19.8 Å². The molecule has 0 saturated heterocycles. The van der Waals surface area contributed by atoms with Crippen LogP contribution in [0.4, 0.5) is 4.39 Å². The molecule has 2 amide bonds. The van der Waals surface area contributed by atoms with Gasteiger partial charge in [-0.1, -0.05) is 24.3 Å². The largest absolute Gasteiger partial charge is 1.00 e. The number of nitrogens with one attached hydrogen (secondary N) is 1. The van der Waals surface area contributed by atoms with Crippen LogP contribution in [0.3, 0.4) is 0 Å². The van der Waals surface area contributed by atoms with Crippen molar-refractivity contribution in [3.8, 4) is 16.9 Å². The first-order chi connectivity index (χ1) is 17.2. The second kappa shape index (κ2) is 11.7. The minimum atomic E-state index is -0.638. The molecular formula is C27H26FN4NaO4. The molecule has 0 unspecified atom stereocenters. The Morgan fingerprint density at radius 1 is 1.08 bits per heavy atom. The Labute approximate surface area is 236 Å². The summed E-state index contributed by atoms with van der Waals surface area (Å²) in [7, 11) is 4.58. The van der Waals surface area contributed by atoms with Crippen LogP contribution < -0.4 is 40.4 Å². The Balaban J connectivity index is 0.00000253. The summed E-state index contributed by atoms with van der Waals surface area (Å²) in [6, 6.07) is 13.9. The Hall–Kier alpha value is -3.53. The number of benzene rings is 2. The standard InChI is InChI=1S/C27H25FN4O4.Na.H/c1-29-26(35)24-23(18-6-10-20(33)11-7-18)25-21(32(27(24)36)15-22(34)31(2)3)13-17(14-30-25)12-16-4-8-19(28)9-5-16;;/h4-11,13-14,33H,12,15H2,1-3H3,(H,29,35);;/q;+1;-1. The van der Waals surface area contributed by atoms with Crippen molar-refractivity contribution < 1.29 is 50.1 Å². The van der Waals surface area contributed by atoms with Crippen LogP contribution in [0.15, 0.2) is 65.6 Å². The number of rotatable bonds is 6. The first-order valence-corrected chi connectivity index (χ1v) is 11.2. The van der Waals surface area contributed by atoms with Gasteiger partial charge in [-0.25, -0.2) is 4.39 Å². The molecule has 0 atom stereocenters. The van der Waals surface area contributed by atoms with Gasteiger partial charge in [-0.15, -0.1) is 0 Å². The average molecular weight is 513 g/mol. The molecular weight excluding hydrogens is 486 g/mol. The van der Waals surface area contributed by atoms with E-state index < -0.39 is 11.5 Å². The summed E-state index contributed by atoms with van der Waals surface area (Å²) in [5.74, 6) is -1.26. The quantitative estimate of drug-likeness (QED) is 0.356. The number of hydrogen-bond acceptors (Lipinski definition) is 5. The van der Waals surface area contributed by atoms with Crippen molar-refractivity contribution >= 4 is 22.8 Å². The summed E-state index contributed by atoms with van der Waals surface area (Å²) < 4.78 is 14.6. The van der Waals surface area contributed by atoms with E-state index in [0.29, 0.717) is 28.6 Å². The van der Waals surface area contributed by atoms with Crippen LogP contribution in [0, 0.1) is 5.82 Å². The fourth-order valence-electron chi connectivity index (χ4n) is 3.98. The third-order valence-electron chi connectivity index (χ3n) is 5.88. The Kier molecular flexibility index (Phi) is 8.85. The molecule has 2 heterocycles. The first kappa shape index (κ1) is 28.0. The number of carbonyl (C=O) groups is 2. The van der Waals surface area contributed by atoms with Crippen molar-refractivity contribution in [2.75, 3.05) is 21.1 Å². The number of pyridine rings is 2. The Bertz CT molecular complexity index is 1520. The van der Waals surface area contributed by atoms with E-state index in [2.05, 4.69) is 10.3 Å². The number of nitrogens with zero attached hydrogens (tertiary/aromatic N) is 3. The molecule has 2 aromatic heterocycles. The maximum atomic E-state index is 13.7. The van der Waals surface area contributed by atoms with Crippen LogP contribution in [0.2, 0.25) is 0 Å². The predicted molar refractivity (Wildman–Crippen MR) is 136 cm³/mol. The van der Waals surface area contributed by atoms with E-state index in [9.17, 15) is 23.9 Å². The zero-order chi connectivity index (χ0) is 26.0. The minimum Gasteiger partial charge on any atom is -1.00 e. The van der Waals surface area contributed by atoms with E-state index >= 15 is 0 Å². The summed E-state index contributed by atoms with van der Waals surface area (Å²) in [6.07, 6.45) is 2.05. The van der Waals surface area contributed by atoms with Crippen LogP contribution in [-0.2, 0) is 17.8 Å². The third-order valence-corrected chi connectivity index (χ3v) is 5.88. The van der Waals surface area contributed by atoms with Crippen LogP contribution in [0.1, 0.15) is 22.9 Å². The fraction of sp³-hybridized carbons (Fsp3) is 0.185. The zero-order valence-corrected chi connectivity index (χ0v) is 23.1. The fourth-order valence-corrected chi connectivity index (χ4v) is 3.98. The van der Waals surface area contributed by atoms with Crippen molar-refractivity contribution in [2.24, 2.45) is 0 Å². The number of phenolic OH excluding ortho intramolecular Hbond substituents is 1. The number of halogens is 1. The predicted octanol–water partition coefficient (Wildman–Crippen LogP) is 0.0633. The molecule has 0 aliphatic rings. The molecule has 8 nitrogen and oxygen atoms in total. The monoisotopic (exact) mass is 512 g/mol. The first-order valence-electron chi connectivity index (χ1n) is 11.2. The molecule has 4 aromatic rings. The normalized spacial score (nSPS) is 10.6. The summed E-state index contributed by atoms with van der Waals surface area (Å²) in [5.41, 5.74) is 2.34. The molecule has 0 saturated carbocycles. The zero-order valence-electron chi connectivity index (χ0n) is 22.1. The molecule has 0 aliphatic heterocycles. The van der Waals surface area contributed by atoms with Crippen LogP contribution >= 0.6 is 0 Å². The van der Waals surface area contributed by atoms with Gasteiger partial charge < -0.3 is 16.7 Å². The SMILES string of the molecule is CNC(=O)c1c(-c2ccc(O)cc2)c2ncc(Cc3ccc(F)cc3)cc2n(CC(=O)N(C)C)c1=O.[H-].[Na+]. The number of hydrogen-bond donors (Lipinski definition) is 2. The molecule has 186 valence electrons. The molecule has 37 heavy (non-hydrogen) atoms. The van der Waals surface area contributed by atoms with Gasteiger partial charge in [-0.3, -0.25) is 23.9 Å². The van der Waals surface area contributed by atoms with E-state index in [-0.39, 0.29) is 60.6 Å². The second-order valence-electron chi connectivity index (χ2n) is 8.57. The van der Waals surface area contributed by atoms with Gasteiger partial charge in [0.05, 0.1) is 11.0 Å². The van der Waals surface area contributed by atoms with E-state index in [1.807, 2.05) is 0 Å². The molecule has 0 aliphatic carbocycles. The number of aromatic nitrogens is 2. The third kappa shape index (κ3) is 5.90. The van der Waals surface area contributed by atoms with Gasteiger partial charge in [0, 0.05) is 32.9 Å². The summed E-state index contributed by atoms with van der Waals surface area (Å²) in [5, 5.41) is 12.3. The molecule has 0 fully saturated rings. The number of phenols is 1. The maximum absolute atomic E-state index is 13.7. The minimum absolute atomic E-state index is 0. The topological polar surface area (TPSA) is 105 Å². The molecule has 0 bridgehead atoms. The Morgan fingerprint density at radius 3 is 2.32 bits per heavy atom. The molecule has 2 N–H and O–H groups in total. The van der Waals surface area contributed by atoms with Gasteiger partial charge in [0.2, 0.25) is 5.91 Å². The smallest absolute Gasteiger partial charge is 1.00 e. The maximum Gasteiger partial charge on any atom is 1.00 e. The molecule has 10 heteroatoms. The Morgan fingerprint density at radius 2 is 1.73 bits per heavy atom. The van der Waals surface area contributed by atoms with E-state index in [4.69, 9.17) is 0 Å². The van der Waals surface area contributed by atoms with E-state index in [0.717, 1.165) is 11.1 Å². The number of carbonyl (C=O) groups excluding carboxylic acids is 2. The van der Waals surface area contributed by atoms with Crippen molar-refractivity contribution in [2.45, 2.75) is 13.0 Å². The molecule has 0 spiro atoms. The van der Waals surface area contributed by atoms with Gasteiger partial charge in [0.15, 0.2) is 0 Å². The number of likely N-dealkylation sites (N-methyl/N-ethyl adjacent to an activating group) is 1. The molecule has 2 aromatic carbocycles. The van der Waals surface area contributed by atoms with Crippen molar-refractivity contribution in [3.63, 3.8) is 0 Å². The van der Waals surface area contributed by atoms with Gasteiger partial charge in [-0.05, 0) is 53.4 Å². The number of fused-ring (bicyclic) bond motifs is 1. The van der Waals surface area contributed by atoms with Gasteiger partial charge in [0.25, 0.3) is 11.5 Å². The van der Waals surface area contributed by atoms with Gasteiger partial charge in [-0.2, -0.15) is 0 Å². The van der Waals surface area contributed by atoms with Crippen LogP contribution in [0.5, 0.6) is 5.75 Å². The average Bonchev–Trinajstić information content (AvgIpc) is 2.86. The van der Waals surface area contributed by atoms with Crippen LogP contribution in [0.25, 0.3) is 22.2 Å².